The highest BCUT2D eigenvalue weighted by molar-refractivity contribution is 5.97. The van der Waals surface area contributed by atoms with Crippen LogP contribution in [0.2, 0.25) is 0 Å². The first-order chi connectivity index (χ1) is 18.6. The molecule has 4 aromatic rings. The number of hydrogen-bond acceptors (Lipinski definition) is 7. The van der Waals surface area contributed by atoms with E-state index in [4.69, 9.17) is 4.74 Å². The molecule has 1 saturated heterocycles. The number of rotatable bonds is 7. The number of hydrogen-bond donors (Lipinski definition) is 0. The number of halogens is 1. The Hall–Kier alpha value is -4.64. The number of anilines is 1. The molecule has 190 valence electrons. The molecule has 0 saturated carbocycles. The lowest BCUT2D eigenvalue weighted by molar-refractivity contribution is 0.0988. The second-order valence-corrected chi connectivity index (χ2v) is 9.11. The molecule has 0 atom stereocenters. The summed E-state index contributed by atoms with van der Waals surface area (Å²) in [7, 11) is 1.45. The van der Waals surface area contributed by atoms with Crippen molar-refractivity contribution in [3.8, 4) is 34.3 Å². The summed E-state index contributed by atoms with van der Waals surface area (Å²) in [6.07, 6.45) is 8.21. The molecule has 1 aliphatic heterocycles. The zero-order valence-corrected chi connectivity index (χ0v) is 21.0. The summed E-state index contributed by atoms with van der Waals surface area (Å²) in [6, 6.07) is 15.9. The zero-order chi connectivity index (χ0) is 26.5. The summed E-state index contributed by atoms with van der Waals surface area (Å²) >= 11 is 0. The Morgan fingerprint density at radius 3 is 2.74 bits per heavy atom. The van der Waals surface area contributed by atoms with E-state index in [0.29, 0.717) is 11.3 Å². The molecule has 0 N–H and O–H groups in total. The van der Waals surface area contributed by atoms with Gasteiger partial charge in [0.2, 0.25) is 0 Å². The van der Waals surface area contributed by atoms with Gasteiger partial charge in [0.1, 0.15) is 17.3 Å². The molecule has 0 radical (unpaired) electrons. The maximum Gasteiger partial charge on any atom is 0.185 e. The van der Waals surface area contributed by atoms with Gasteiger partial charge in [0, 0.05) is 49.4 Å². The van der Waals surface area contributed by atoms with E-state index in [1.807, 2.05) is 18.2 Å². The maximum atomic E-state index is 14.6. The number of piperidine rings is 1. The number of carbonyl (C=O) groups is 1. The first kappa shape index (κ1) is 25.0. The zero-order valence-electron chi connectivity index (χ0n) is 21.0. The fraction of sp³-hybridized carbons (Fsp3) is 0.233. The van der Waals surface area contributed by atoms with Gasteiger partial charge in [-0.3, -0.25) is 9.78 Å². The lowest BCUT2D eigenvalue weighted by Crippen LogP contribution is -2.30. The van der Waals surface area contributed by atoms with E-state index in [9.17, 15) is 14.4 Å². The number of pyridine rings is 1. The molecule has 0 unspecified atom stereocenters. The van der Waals surface area contributed by atoms with Crippen LogP contribution in [-0.2, 0) is 6.42 Å². The van der Waals surface area contributed by atoms with Gasteiger partial charge in [-0.15, -0.1) is 0 Å². The molecular formula is C30H26FN5O2. The number of methoxy groups -OCH3 is 1. The van der Waals surface area contributed by atoms with Crippen LogP contribution in [0.15, 0.2) is 67.1 Å². The Balaban J connectivity index is 1.50. The van der Waals surface area contributed by atoms with Gasteiger partial charge < -0.3 is 9.64 Å². The predicted molar refractivity (Wildman–Crippen MR) is 142 cm³/mol. The average molecular weight is 508 g/mol. The van der Waals surface area contributed by atoms with Gasteiger partial charge in [-0.1, -0.05) is 18.2 Å². The van der Waals surface area contributed by atoms with Gasteiger partial charge in [-0.2, -0.15) is 5.26 Å². The van der Waals surface area contributed by atoms with Crippen LogP contribution in [0.1, 0.15) is 40.9 Å². The van der Waals surface area contributed by atoms with Crippen LogP contribution in [0.5, 0.6) is 5.75 Å². The van der Waals surface area contributed by atoms with Crippen molar-refractivity contribution < 1.29 is 13.9 Å². The molecule has 3 heterocycles. The molecule has 2 aromatic heterocycles. The molecule has 1 aliphatic rings. The van der Waals surface area contributed by atoms with Crippen molar-refractivity contribution in [1.29, 1.82) is 5.26 Å². The molecule has 8 heteroatoms. The van der Waals surface area contributed by atoms with Crippen molar-refractivity contribution in [1.82, 2.24) is 15.0 Å². The number of ketones is 1. The quantitative estimate of drug-likeness (QED) is 0.299. The highest BCUT2D eigenvalue weighted by atomic mass is 19.1. The van der Waals surface area contributed by atoms with Crippen LogP contribution in [0.3, 0.4) is 0 Å². The van der Waals surface area contributed by atoms with Crippen molar-refractivity contribution in [2.45, 2.75) is 25.7 Å². The summed E-state index contributed by atoms with van der Waals surface area (Å²) in [5.74, 6) is -0.333. The van der Waals surface area contributed by atoms with E-state index in [2.05, 4.69) is 25.9 Å². The Kier molecular flexibility index (Phi) is 7.36. The van der Waals surface area contributed by atoms with Gasteiger partial charge >= 0.3 is 0 Å². The standard InChI is InChI=1S/C30H26FN5O2/c1-38-28-7-5-6-24(31)29(28)30-34-13-11-25(35-30)27(37)17-21-9-8-20(23-19-33-12-10-22(23)18-32)16-26(21)36-14-3-2-4-15-36/h5-13,16,19H,2-4,14-15,17H2,1H3. The molecular weight excluding hydrogens is 481 g/mol. The van der Waals surface area contributed by atoms with Gasteiger partial charge in [-0.05, 0) is 60.7 Å². The van der Waals surface area contributed by atoms with E-state index >= 15 is 0 Å². The summed E-state index contributed by atoms with van der Waals surface area (Å²) in [6.45, 7) is 1.79. The second-order valence-electron chi connectivity index (χ2n) is 9.11. The fourth-order valence-electron chi connectivity index (χ4n) is 4.82. The molecule has 5 rings (SSSR count). The topological polar surface area (TPSA) is 92.0 Å². The molecule has 1 fully saturated rings. The van der Waals surface area contributed by atoms with Crippen LogP contribution in [0, 0.1) is 17.1 Å². The molecule has 0 aliphatic carbocycles. The van der Waals surface area contributed by atoms with Crippen LogP contribution >= 0.6 is 0 Å². The van der Waals surface area contributed by atoms with Gasteiger partial charge in [0.05, 0.1) is 24.3 Å². The number of nitriles is 1. The highest BCUT2D eigenvalue weighted by Gasteiger charge is 2.21. The van der Waals surface area contributed by atoms with Gasteiger partial charge in [0.25, 0.3) is 0 Å². The van der Waals surface area contributed by atoms with Crippen LogP contribution in [0.4, 0.5) is 10.1 Å². The Morgan fingerprint density at radius 2 is 1.95 bits per heavy atom. The summed E-state index contributed by atoms with van der Waals surface area (Å²) in [5, 5.41) is 9.58. The van der Waals surface area contributed by atoms with Crippen molar-refractivity contribution in [3.63, 3.8) is 0 Å². The maximum absolute atomic E-state index is 14.6. The molecule has 0 amide bonds. The second kappa shape index (κ2) is 11.2. The van der Waals surface area contributed by atoms with E-state index in [1.54, 1.807) is 36.7 Å². The lowest BCUT2D eigenvalue weighted by Gasteiger charge is -2.31. The molecule has 0 spiro atoms. The van der Waals surface area contributed by atoms with Crippen molar-refractivity contribution in [2.75, 3.05) is 25.1 Å². The Labute approximate surface area is 220 Å². The van der Waals surface area contributed by atoms with E-state index < -0.39 is 5.82 Å². The lowest BCUT2D eigenvalue weighted by atomic mass is 9.96. The fourth-order valence-corrected chi connectivity index (χ4v) is 4.82. The highest BCUT2D eigenvalue weighted by Crippen LogP contribution is 2.33. The van der Waals surface area contributed by atoms with E-state index in [0.717, 1.165) is 48.3 Å². The minimum Gasteiger partial charge on any atom is -0.496 e. The average Bonchev–Trinajstić information content (AvgIpc) is 2.97. The SMILES string of the molecule is COc1cccc(F)c1-c1nccc(C(=O)Cc2ccc(-c3cnccc3C#N)cc2N2CCCCC2)n1. The third kappa shape index (κ3) is 5.09. The minimum atomic E-state index is -0.524. The van der Waals surface area contributed by atoms with Crippen molar-refractivity contribution >= 4 is 11.5 Å². The van der Waals surface area contributed by atoms with Crippen molar-refractivity contribution in [3.05, 3.63) is 89.8 Å². The van der Waals surface area contributed by atoms with E-state index in [-0.39, 0.29) is 29.3 Å². The monoisotopic (exact) mass is 507 g/mol. The summed E-state index contributed by atoms with van der Waals surface area (Å²) in [4.78, 5) is 28.5. The number of ether oxygens (including phenoxy) is 1. The number of benzene rings is 2. The number of aromatic nitrogens is 3. The van der Waals surface area contributed by atoms with E-state index in [1.165, 1.54) is 25.8 Å². The molecule has 2 aromatic carbocycles. The van der Waals surface area contributed by atoms with Gasteiger partial charge in [0.15, 0.2) is 11.6 Å². The van der Waals surface area contributed by atoms with Crippen LogP contribution < -0.4 is 9.64 Å². The summed E-state index contributed by atoms with van der Waals surface area (Å²) < 4.78 is 19.9. The minimum absolute atomic E-state index is 0.0954. The van der Waals surface area contributed by atoms with Crippen LogP contribution in [0.25, 0.3) is 22.5 Å². The number of carbonyl (C=O) groups excluding carboxylic acids is 1. The molecule has 0 bridgehead atoms. The molecule has 7 nitrogen and oxygen atoms in total. The molecule has 38 heavy (non-hydrogen) atoms. The third-order valence-electron chi connectivity index (χ3n) is 6.75. The number of nitrogens with zero attached hydrogens (tertiary/aromatic N) is 5. The third-order valence-corrected chi connectivity index (χ3v) is 6.75. The first-order valence-corrected chi connectivity index (χ1v) is 12.5. The number of Topliss-reactive ketones (excluding diaryl/α,β-unsaturated/α-hetero) is 1. The Morgan fingerprint density at radius 1 is 1.11 bits per heavy atom. The predicted octanol–water partition coefficient (Wildman–Crippen LogP) is 5.64. The first-order valence-electron chi connectivity index (χ1n) is 12.5. The smallest absolute Gasteiger partial charge is 0.185 e. The largest absolute Gasteiger partial charge is 0.496 e. The normalized spacial score (nSPS) is 13.1. The van der Waals surface area contributed by atoms with Gasteiger partial charge in [-0.25, -0.2) is 14.4 Å². The van der Waals surface area contributed by atoms with Crippen molar-refractivity contribution in [2.24, 2.45) is 0 Å². The Bertz CT molecular complexity index is 1530. The summed E-state index contributed by atoms with van der Waals surface area (Å²) in [5.41, 5.74) is 4.33. The van der Waals surface area contributed by atoms with Crippen LogP contribution in [-0.4, -0.2) is 40.9 Å².